The molecule has 2 nitrogen and oxygen atoms in total. The van der Waals surface area contributed by atoms with Crippen LogP contribution in [0.4, 0.5) is 0 Å². The number of phenolic OH excluding ortho intramolecular Hbond substituents is 1. The number of hydrogen-bond donors (Lipinski definition) is 2. The van der Waals surface area contributed by atoms with Crippen LogP contribution in [0.1, 0.15) is 35.6 Å². The van der Waals surface area contributed by atoms with Crippen LogP contribution < -0.4 is 5.32 Å². The highest BCUT2D eigenvalue weighted by Gasteiger charge is 2.04. The van der Waals surface area contributed by atoms with Crippen LogP contribution >= 0.6 is 0 Å². The first kappa shape index (κ1) is 15.6. The number of phenols is 1. The van der Waals surface area contributed by atoms with E-state index < -0.39 is 0 Å². The molecule has 2 rings (SSSR count). The van der Waals surface area contributed by atoms with E-state index in [9.17, 15) is 5.11 Å². The highest BCUT2D eigenvalue weighted by atomic mass is 16.3. The van der Waals surface area contributed by atoms with Gasteiger partial charge in [0.05, 0.1) is 0 Å². The lowest BCUT2D eigenvalue weighted by Gasteiger charge is -2.15. The summed E-state index contributed by atoms with van der Waals surface area (Å²) in [6.45, 7) is 7.45. The maximum Gasteiger partial charge on any atom is 0.115 e. The average Bonchev–Trinajstić information content (AvgIpc) is 2.47. The molecule has 2 aromatic rings. The van der Waals surface area contributed by atoms with Gasteiger partial charge in [0.1, 0.15) is 5.75 Å². The van der Waals surface area contributed by atoms with Crippen molar-refractivity contribution in [1.29, 1.82) is 0 Å². The zero-order valence-corrected chi connectivity index (χ0v) is 13.2. The standard InChI is InChI=1S/C19H25NO/c1-14-4-5-15(2)18(12-14)13-20-16(3)6-7-17-8-10-19(21)11-9-17/h4-5,8-12,16,20-21H,6-7,13H2,1-3H3. The van der Waals surface area contributed by atoms with Crippen molar-refractivity contribution in [1.82, 2.24) is 5.32 Å². The van der Waals surface area contributed by atoms with Crippen LogP contribution in [0, 0.1) is 13.8 Å². The van der Waals surface area contributed by atoms with Crippen LogP contribution in [0.15, 0.2) is 42.5 Å². The monoisotopic (exact) mass is 283 g/mol. The molecule has 2 aromatic carbocycles. The van der Waals surface area contributed by atoms with Crippen molar-refractivity contribution in [2.24, 2.45) is 0 Å². The van der Waals surface area contributed by atoms with Crippen molar-refractivity contribution in [2.75, 3.05) is 0 Å². The van der Waals surface area contributed by atoms with Crippen LogP contribution in [0.5, 0.6) is 5.75 Å². The summed E-state index contributed by atoms with van der Waals surface area (Å²) >= 11 is 0. The van der Waals surface area contributed by atoms with Crippen molar-refractivity contribution in [3.8, 4) is 5.75 Å². The Kier molecular flexibility index (Phi) is 5.40. The van der Waals surface area contributed by atoms with Gasteiger partial charge in [-0.05, 0) is 62.4 Å². The Labute approximate surface area is 127 Å². The first-order chi connectivity index (χ1) is 10.0. The molecular weight excluding hydrogens is 258 g/mol. The molecule has 2 heteroatoms. The van der Waals surface area contributed by atoms with E-state index in [0.29, 0.717) is 11.8 Å². The molecule has 21 heavy (non-hydrogen) atoms. The highest BCUT2D eigenvalue weighted by Crippen LogP contribution is 2.13. The Bertz CT molecular complexity index is 575. The second kappa shape index (κ2) is 7.28. The first-order valence-corrected chi connectivity index (χ1v) is 7.62. The summed E-state index contributed by atoms with van der Waals surface area (Å²) in [5, 5.41) is 12.9. The molecule has 0 aromatic heterocycles. The van der Waals surface area contributed by atoms with Crippen LogP contribution in [-0.2, 0) is 13.0 Å². The average molecular weight is 283 g/mol. The molecule has 0 aliphatic carbocycles. The first-order valence-electron chi connectivity index (χ1n) is 7.62. The summed E-state index contributed by atoms with van der Waals surface area (Å²) in [6, 6.07) is 14.6. The Morgan fingerprint density at radius 1 is 1.05 bits per heavy atom. The number of aryl methyl sites for hydroxylation is 3. The summed E-state index contributed by atoms with van der Waals surface area (Å²) < 4.78 is 0. The topological polar surface area (TPSA) is 32.3 Å². The third-order valence-corrected chi connectivity index (χ3v) is 3.95. The molecule has 0 bridgehead atoms. The van der Waals surface area contributed by atoms with Crippen molar-refractivity contribution in [3.05, 3.63) is 64.7 Å². The maximum atomic E-state index is 9.28. The fourth-order valence-corrected chi connectivity index (χ4v) is 2.42. The molecule has 0 spiro atoms. The summed E-state index contributed by atoms with van der Waals surface area (Å²) in [5.41, 5.74) is 5.31. The smallest absolute Gasteiger partial charge is 0.115 e. The molecule has 0 fully saturated rings. The summed E-state index contributed by atoms with van der Waals surface area (Å²) in [5.74, 6) is 0.333. The van der Waals surface area contributed by atoms with Gasteiger partial charge in [-0.15, -0.1) is 0 Å². The van der Waals surface area contributed by atoms with E-state index >= 15 is 0 Å². The molecule has 0 saturated heterocycles. The van der Waals surface area contributed by atoms with E-state index in [0.717, 1.165) is 19.4 Å². The third-order valence-electron chi connectivity index (χ3n) is 3.95. The number of hydrogen-bond acceptors (Lipinski definition) is 2. The molecule has 0 heterocycles. The lowest BCUT2D eigenvalue weighted by atomic mass is 10.0. The minimum Gasteiger partial charge on any atom is -0.508 e. The van der Waals surface area contributed by atoms with E-state index in [1.165, 1.54) is 22.3 Å². The highest BCUT2D eigenvalue weighted by molar-refractivity contribution is 5.30. The van der Waals surface area contributed by atoms with E-state index in [2.05, 4.69) is 44.3 Å². The largest absolute Gasteiger partial charge is 0.508 e. The molecule has 0 aliphatic heterocycles. The quantitative estimate of drug-likeness (QED) is 0.836. The van der Waals surface area contributed by atoms with Gasteiger partial charge in [0.15, 0.2) is 0 Å². The zero-order chi connectivity index (χ0) is 15.2. The lowest BCUT2D eigenvalue weighted by molar-refractivity contribution is 0.474. The molecule has 0 amide bonds. The van der Waals surface area contributed by atoms with Gasteiger partial charge < -0.3 is 10.4 Å². The van der Waals surface area contributed by atoms with Gasteiger partial charge in [0.2, 0.25) is 0 Å². The minimum absolute atomic E-state index is 0.333. The van der Waals surface area contributed by atoms with Gasteiger partial charge in [0, 0.05) is 12.6 Å². The predicted molar refractivity (Wildman–Crippen MR) is 88.6 cm³/mol. The molecule has 112 valence electrons. The van der Waals surface area contributed by atoms with Crippen LogP contribution in [0.25, 0.3) is 0 Å². The predicted octanol–water partition coefficient (Wildman–Crippen LogP) is 4.12. The van der Waals surface area contributed by atoms with Gasteiger partial charge in [-0.1, -0.05) is 35.9 Å². The molecule has 1 atom stereocenters. The Balaban J connectivity index is 1.80. The van der Waals surface area contributed by atoms with Crippen LogP contribution in [-0.4, -0.2) is 11.1 Å². The molecule has 0 aliphatic rings. The number of benzene rings is 2. The van der Waals surface area contributed by atoms with Gasteiger partial charge in [-0.3, -0.25) is 0 Å². The van der Waals surface area contributed by atoms with Crippen molar-refractivity contribution in [2.45, 2.75) is 46.2 Å². The molecule has 2 N–H and O–H groups in total. The summed E-state index contributed by atoms with van der Waals surface area (Å²) in [7, 11) is 0. The van der Waals surface area contributed by atoms with E-state index in [4.69, 9.17) is 0 Å². The SMILES string of the molecule is Cc1ccc(C)c(CNC(C)CCc2ccc(O)cc2)c1. The van der Waals surface area contributed by atoms with Gasteiger partial charge in [0.25, 0.3) is 0 Å². The minimum atomic E-state index is 0.333. The van der Waals surface area contributed by atoms with Crippen LogP contribution in [0.2, 0.25) is 0 Å². The zero-order valence-electron chi connectivity index (χ0n) is 13.2. The Morgan fingerprint density at radius 3 is 2.48 bits per heavy atom. The fourth-order valence-electron chi connectivity index (χ4n) is 2.42. The normalized spacial score (nSPS) is 12.3. The number of nitrogens with one attached hydrogen (secondary N) is 1. The van der Waals surface area contributed by atoms with Crippen molar-refractivity contribution in [3.63, 3.8) is 0 Å². The van der Waals surface area contributed by atoms with Crippen molar-refractivity contribution < 1.29 is 5.11 Å². The van der Waals surface area contributed by atoms with E-state index in [1.54, 1.807) is 12.1 Å². The lowest BCUT2D eigenvalue weighted by Crippen LogP contribution is -2.26. The molecule has 0 radical (unpaired) electrons. The second-order valence-corrected chi connectivity index (χ2v) is 5.92. The fraction of sp³-hybridized carbons (Fsp3) is 0.368. The Hall–Kier alpha value is -1.80. The molecular formula is C19H25NO. The Morgan fingerprint density at radius 2 is 1.76 bits per heavy atom. The van der Waals surface area contributed by atoms with Gasteiger partial charge in [-0.25, -0.2) is 0 Å². The summed E-state index contributed by atoms with van der Waals surface area (Å²) in [6.07, 6.45) is 2.12. The number of rotatable bonds is 6. The maximum absolute atomic E-state index is 9.28. The van der Waals surface area contributed by atoms with E-state index in [1.807, 2.05) is 12.1 Å². The van der Waals surface area contributed by atoms with Gasteiger partial charge >= 0.3 is 0 Å². The molecule has 1 unspecified atom stereocenters. The van der Waals surface area contributed by atoms with Gasteiger partial charge in [-0.2, -0.15) is 0 Å². The second-order valence-electron chi connectivity index (χ2n) is 5.92. The van der Waals surface area contributed by atoms with Crippen LogP contribution in [0.3, 0.4) is 0 Å². The third kappa shape index (κ3) is 4.91. The molecule has 0 saturated carbocycles. The van der Waals surface area contributed by atoms with Crippen molar-refractivity contribution >= 4 is 0 Å². The number of aromatic hydroxyl groups is 1. The van der Waals surface area contributed by atoms with E-state index in [-0.39, 0.29) is 0 Å². The summed E-state index contributed by atoms with van der Waals surface area (Å²) in [4.78, 5) is 0.